The van der Waals surface area contributed by atoms with E-state index in [9.17, 15) is 4.79 Å². The van der Waals surface area contributed by atoms with E-state index in [1.807, 2.05) is 0 Å². The number of rotatable bonds is 7. The zero-order valence-electron chi connectivity index (χ0n) is 12.0. The number of carbonyl (C=O) groups is 1. The van der Waals surface area contributed by atoms with E-state index in [-0.39, 0.29) is 5.91 Å². The van der Waals surface area contributed by atoms with Crippen molar-refractivity contribution in [1.82, 2.24) is 10.4 Å². The van der Waals surface area contributed by atoms with Crippen molar-refractivity contribution in [2.75, 3.05) is 19.6 Å². The average molecular weight is 255 g/mol. The molecule has 0 aromatic rings. The van der Waals surface area contributed by atoms with E-state index >= 15 is 0 Å². The summed E-state index contributed by atoms with van der Waals surface area (Å²) in [7, 11) is 0. The van der Waals surface area contributed by atoms with Crippen molar-refractivity contribution in [1.29, 1.82) is 0 Å². The first-order valence-corrected chi connectivity index (χ1v) is 7.38. The molecule has 3 N–H and O–H groups in total. The maximum Gasteiger partial charge on any atom is 0.234 e. The summed E-state index contributed by atoms with van der Waals surface area (Å²) < 4.78 is 0. The molecular formula is C14H29N3O. The van der Waals surface area contributed by atoms with Gasteiger partial charge in [-0.05, 0) is 44.1 Å². The number of hydrazine groups is 1. The summed E-state index contributed by atoms with van der Waals surface area (Å²) in [4.78, 5) is 11.9. The number of piperidine rings is 1. The second kappa shape index (κ2) is 8.48. The SMILES string of the molecule is CC(C)C(CCN)CCC(=O)NN1CCCCC1. The van der Waals surface area contributed by atoms with E-state index in [4.69, 9.17) is 5.73 Å². The third kappa shape index (κ3) is 5.83. The third-order valence-corrected chi connectivity index (χ3v) is 3.86. The van der Waals surface area contributed by atoms with E-state index in [0.717, 1.165) is 32.5 Å². The molecular weight excluding hydrogens is 226 g/mol. The fourth-order valence-corrected chi connectivity index (χ4v) is 2.58. The van der Waals surface area contributed by atoms with Gasteiger partial charge in [-0.25, -0.2) is 5.01 Å². The first-order chi connectivity index (χ1) is 8.63. The number of amides is 1. The van der Waals surface area contributed by atoms with Crippen LogP contribution in [0.1, 0.15) is 52.4 Å². The second-order valence-corrected chi connectivity index (χ2v) is 5.70. The Morgan fingerprint density at radius 3 is 2.44 bits per heavy atom. The normalized spacial score (nSPS) is 18.9. The van der Waals surface area contributed by atoms with Gasteiger partial charge in [0, 0.05) is 19.5 Å². The van der Waals surface area contributed by atoms with Crippen LogP contribution >= 0.6 is 0 Å². The van der Waals surface area contributed by atoms with Gasteiger partial charge in [-0.3, -0.25) is 10.2 Å². The largest absolute Gasteiger partial charge is 0.330 e. The van der Waals surface area contributed by atoms with Gasteiger partial charge in [0.25, 0.3) is 0 Å². The van der Waals surface area contributed by atoms with Gasteiger partial charge >= 0.3 is 0 Å². The molecule has 1 unspecified atom stereocenters. The van der Waals surface area contributed by atoms with Crippen LogP contribution in [0, 0.1) is 11.8 Å². The number of nitrogens with one attached hydrogen (secondary N) is 1. The van der Waals surface area contributed by atoms with E-state index in [1.165, 1.54) is 19.3 Å². The van der Waals surface area contributed by atoms with Gasteiger partial charge in [-0.15, -0.1) is 0 Å². The van der Waals surface area contributed by atoms with Crippen LogP contribution in [-0.2, 0) is 4.79 Å². The molecule has 0 radical (unpaired) electrons. The van der Waals surface area contributed by atoms with Crippen molar-refractivity contribution in [3.05, 3.63) is 0 Å². The summed E-state index contributed by atoms with van der Waals surface area (Å²) in [6.07, 6.45) is 6.28. The Morgan fingerprint density at radius 1 is 1.22 bits per heavy atom. The molecule has 0 spiro atoms. The summed E-state index contributed by atoms with van der Waals surface area (Å²) in [6.45, 7) is 7.15. The van der Waals surface area contributed by atoms with Gasteiger partial charge in [-0.1, -0.05) is 20.3 Å². The predicted octanol–water partition coefficient (Wildman–Crippen LogP) is 1.90. The van der Waals surface area contributed by atoms with E-state index in [2.05, 4.69) is 24.3 Å². The van der Waals surface area contributed by atoms with E-state index in [1.54, 1.807) is 0 Å². The summed E-state index contributed by atoms with van der Waals surface area (Å²) >= 11 is 0. The second-order valence-electron chi connectivity index (χ2n) is 5.70. The van der Waals surface area contributed by atoms with Gasteiger partial charge in [0.1, 0.15) is 0 Å². The summed E-state index contributed by atoms with van der Waals surface area (Å²) in [5, 5.41) is 2.07. The highest BCUT2D eigenvalue weighted by molar-refractivity contribution is 5.75. The summed E-state index contributed by atoms with van der Waals surface area (Å²) in [6, 6.07) is 0. The lowest BCUT2D eigenvalue weighted by Crippen LogP contribution is -2.45. The molecule has 1 aliphatic rings. The minimum absolute atomic E-state index is 0.166. The Kier molecular flexibility index (Phi) is 7.28. The molecule has 0 bridgehead atoms. The van der Waals surface area contributed by atoms with Gasteiger partial charge in [0.05, 0.1) is 0 Å². The van der Waals surface area contributed by atoms with Crippen molar-refractivity contribution in [3.8, 4) is 0 Å². The number of hydrogen-bond donors (Lipinski definition) is 2. The van der Waals surface area contributed by atoms with Gasteiger partial charge < -0.3 is 5.73 Å². The van der Waals surface area contributed by atoms with Crippen LogP contribution in [0.4, 0.5) is 0 Å². The number of hydrogen-bond acceptors (Lipinski definition) is 3. The standard InChI is InChI=1S/C14H29N3O/c1-12(2)13(8-9-15)6-7-14(18)16-17-10-4-3-5-11-17/h12-13H,3-11,15H2,1-2H3,(H,16,18). The smallest absolute Gasteiger partial charge is 0.234 e. The highest BCUT2D eigenvalue weighted by Crippen LogP contribution is 2.20. The van der Waals surface area contributed by atoms with Crippen molar-refractivity contribution in [2.45, 2.75) is 52.4 Å². The van der Waals surface area contributed by atoms with Crippen LogP contribution in [0.15, 0.2) is 0 Å². The van der Waals surface area contributed by atoms with E-state index in [0.29, 0.717) is 18.3 Å². The lowest BCUT2D eigenvalue weighted by Gasteiger charge is -2.27. The molecule has 0 aromatic heterocycles. The van der Waals surface area contributed by atoms with Crippen LogP contribution in [0.2, 0.25) is 0 Å². The molecule has 1 fully saturated rings. The molecule has 0 aromatic carbocycles. The zero-order chi connectivity index (χ0) is 13.4. The zero-order valence-corrected chi connectivity index (χ0v) is 12.0. The molecule has 4 heteroatoms. The summed E-state index contributed by atoms with van der Waals surface area (Å²) in [5.74, 6) is 1.35. The first kappa shape index (κ1) is 15.4. The lowest BCUT2D eigenvalue weighted by molar-refractivity contribution is -0.126. The van der Waals surface area contributed by atoms with Crippen LogP contribution in [0.3, 0.4) is 0 Å². The molecule has 4 nitrogen and oxygen atoms in total. The number of carbonyl (C=O) groups excluding carboxylic acids is 1. The van der Waals surface area contributed by atoms with Gasteiger partial charge in [0.2, 0.25) is 5.91 Å². The fourth-order valence-electron chi connectivity index (χ4n) is 2.58. The molecule has 1 atom stereocenters. The topological polar surface area (TPSA) is 58.4 Å². The Labute approximate surface area is 111 Å². The molecule has 1 aliphatic heterocycles. The van der Waals surface area contributed by atoms with Crippen LogP contribution in [0.25, 0.3) is 0 Å². The summed E-state index contributed by atoms with van der Waals surface area (Å²) in [5.41, 5.74) is 8.63. The first-order valence-electron chi connectivity index (χ1n) is 7.38. The minimum Gasteiger partial charge on any atom is -0.330 e. The van der Waals surface area contributed by atoms with Crippen LogP contribution in [-0.4, -0.2) is 30.6 Å². The highest BCUT2D eigenvalue weighted by atomic mass is 16.2. The highest BCUT2D eigenvalue weighted by Gasteiger charge is 2.16. The van der Waals surface area contributed by atoms with E-state index < -0.39 is 0 Å². The lowest BCUT2D eigenvalue weighted by atomic mass is 9.88. The van der Waals surface area contributed by atoms with Crippen molar-refractivity contribution < 1.29 is 4.79 Å². The molecule has 0 aliphatic carbocycles. The quantitative estimate of drug-likeness (QED) is 0.730. The van der Waals surface area contributed by atoms with Crippen molar-refractivity contribution in [3.63, 3.8) is 0 Å². The third-order valence-electron chi connectivity index (χ3n) is 3.86. The molecule has 1 amide bonds. The fraction of sp³-hybridized carbons (Fsp3) is 0.929. The molecule has 106 valence electrons. The molecule has 0 saturated carbocycles. The molecule has 1 heterocycles. The number of nitrogens with two attached hydrogens (primary N) is 1. The van der Waals surface area contributed by atoms with Crippen molar-refractivity contribution >= 4 is 5.91 Å². The number of nitrogens with zero attached hydrogens (tertiary/aromatic N) is 1. The Balaban J connectivity index is 2.21. The Morgan fingerprint density at radius 2 is 1.89 bits per heavy atom. The van der Waals surface area contributed by atoms with Gasteiger partial charge in [0.15, 0.2) is 0 Å². The van der Waals surface area contributed by atoms with Gasteiger partial charge in [-0.2, -0.15) is 0 Å². The maximum absolute atomic E-state index is 11.9. The monoisotopic (exact) mass is 255 g/mol. The van der Waals surface area contributed by atoms with Crippen LogP contribution < -0.4 is 11.2 Å². The molecule has 18 heavy (non-hydrogen) atoms. The molecule has 1 saturated heterocycles. The Bertz CT molecular complexity index is 237. The molecule has 1 rings (SSSR count). The minimum atomic E-state index is 0.166. The average Bonchev–Trinajstić information content (AvgIpc) is 2.35. The van der Waals surface area contributed by atoms with Crippen molar-refractivity contribution in [2.24, 2.45) is 17.6 Å². The predicted molar refractivity (Wildman–Crippen MR) is 74.8 cm³/mol. The Hall–Kier alpha value is -0.610. The maximum atomic E-state index is 11.9. The van der Waals surface area contributed by atoms with Crippen LogP contribution in [0.5, 0.6) is 0 Å².